The largest absolute Gasteiger partial charge is 0.489 e. The van der Waals surface area contributed by atoms with Crippen LogP contribution in [0, 0.1) is 0 Å². The van der Waals surface area contributed by atoms with Crippen LogP contribution in [0.1, 0.15) is 24.8 Å². The average Bonchev–Trinajstić information content (AvgIpc) is 2.56. The molecule has 3 rings (SSSR count). The van der Waals surface area contributed by atoms with Crippen molar-refractivity contribution in [3.8, 4) is 11.5 Å². The maximum Gasteiger partial charge on any atom is 0.147 e. The van der Waals surface area contributed by atoms with E-state index in [1.807, 2.05) is 47.5 Å². The molecule has 1 heterocycles. The SMILES string of the molecule is c1ccc(COc2ccc(ON3CCCCC3)cc2)cc1. The van der Waals surface area contributed by atoms with Crippen molar-refractivity contribution >= 4 is 0 Å². The van der Waals surface area contributed by atoms with Crippen LogP contribution >= 0.6 is 0 Å². The van der Waals surface area contributed by atoms with Gasteiger partial charge in [0.15, 0.2) is 0 Å². The zero-order chi connectivity index (χ0) is 14.3. The molecule has 0 spiro atoms. The molecule has 0 bridgehead atoms. The first-order valence-electron chi connectivity index (χ1n) is 7.60. The molecule has 110 valence electrons. The molecule has 1 fully saturated rings. The number of ether oxygens (including phenoxy) is 1. The highest BCUT2D eigenvalue weighted by atomic mass is 16.7. The van der Waals surface area contributed by atoms with Crippen LogP contribution in [0.4, 0.5) is 0 Å². The first-order valence-corrected chi connectivity index (χ1v) is 7.60. The molecular formula is C18H21NO2. The fourth-order valence-electron chi connectivity index (χ4n) is 2.44. The van der Waals surface area contributed by atoms with Crippen molar-refractivity contribution in [2.45, 2.75) is 25.9 Å². The Hall–Kier alpha value is -2.00. The predicted octanol–water partition coefficient (Wildman–Crippen LogP) is 4.05. The Balaban J connectivity index is 1.51. The van der Waals surface area contributed by atoms with Gasteiger partial charge in [-0.3, -0.25) is 0 Å². The van der Waals surface area contributed by atoms with Crippen molar-refractivity contribution in [3.63, 3.8) is 0 Å². The van der Waals surface area contributed by atoms with Gasteiger partial charge >= 0.3 is 0 Å². The summed E-state index contributed by atoms with van der Waals surface area (Å²) in [5.74, 6) is 1.74. The summed E-state index contributed by atoms with van der Waals surface area (Å²) in [6.07, 6.45) is 3.75. The summed E-state index contributed by atoms with van der Waals surface area (Å²) in [6.45, 7) is 2.63. The normalized spacial score (nSPS) is 15.6. The Bertz CT molecular complexity index is 533. The number of nitrogens with zero attached hydrogens (tertiary/aromatic N) is 1. The van der Waals surface area contributed by atoms with E-state index >= 15 is 0 Å². The maximum absolute atomic E-state index is 5.85. The average molecular weight is 283 g/mol. The molecule has 3 nitrogen and oxygen atoms in total. The lowest BCUT2D eigenvalue weighted by Gasteiger charge is -2.26. The summed E-state index contributed by atoms with van der Waals surface area (Å²) in [6, 6.07) is 18.0. The van der Waals surface area contributed by atoms with Gasteiger partial charge in [0, 0.05) is 13.1 Å². The fourth-order valence-corrected chi connectivity index (χ4v) is 2.44. The molecule has 0 amide bonds. The molecule has 3 heteroatoms. The van der Waals surface area contributed by atoms with Crippen LogP contribution in [0.2, 0.25) is 0 Å². The van der Waals surface area contributed by atoms with Gasteiger partial charge in [-0.2, -0.15) is 0 Å². The van der Waals surface area contributed by atoms with E-state index in [4.69, 9.17) is 9.57 Å². The van der Waals surface area contributed by atoms with Crippen LogP contribution in [0.25, 0.3) is 0 Å². The molecule has 0 unspecified atom stereocenters. The molecule has 0 atom stereocenters. The van der Waals surface area contributed by atoms with Crippen LogP contribution in [0.3, 0.4) is 0 Å². The Morgan fingerprint density at radius 2 is 1.43 bits per heavy atom. The number of hydrogen-bond donors (Lipinski definition) is 0. The molecule has 1 aliphatic rings. The minimum absolute atomic E-state index is 0.590. The Kier molecular flexibility index (Phi) is 4.74. The van der Waals surface area contributed by atoms with Crippen molar-refractivity contribution in [1.29, 1.82) is 0 Å². The first kappa shape index (κ1) is 14.0. The highest BCUT2D eigenvalue weighted by molar-refractivity contribution is 5.31. The number of piperidine rings is 1. The molecular weight excluding hydrogens is 262 g/mol. The zero-order valence-corrected chi connectivity index (χ0v) is 12.2. The number of benzene rings is 2. The third kappa shape index (κ3) is 4.23. The van der Waals surface area contributed by atoms with Gasteiger partial charge in [0.1, 0.15) is 18.1 Å². The second-order valence-corrected chi connectivity index (χ2v) is 5.33. The van der Waals surface area contributed by atoms with Crippen molar-refractivity contribution < 1.29 is 9.57 Å². The summed E-state index contributed by atoms with van der Waals surface area (Å²) >= 11 is 0. The molecule has 0 N–H and O–H groups in total. The van der Waals surface area contributed by atoms with Crippen LogP contribution in [0.5, 0.6) is 11.5 Å². The molecule has 0 radical (unpaired) electrons. The van der Waals surface area contributed by atoms with E-state index in [1.54, 1.807) is 0 Å². The van der Waals surface area contributed by atoms with Gasteiger partial charge in [-0.25, -0.2) is 0 Å². The predicted molar refractivity (Wildman–Crippen MR) is 83.3 cm³/mol. The highest BCUT2D eigenvalue weighted by Gasteiger charge is 2.11. The second-order valence-electron chi connectivity index (χ2n) is 5.33. The molecule has 0 saturated carbocycles. The lowest BCUT2D eigenvalue weighted by Crippen LogP contribution is -2.32. The van der Waals surface area contributed by atoms with Gasteiger partial charge < -0.3 is 9.57 Å². The summed E-state index contributed by atoms with van der Waals surface area (Å²) in [5, 5.41) is 2.04. The maximum atomic E-state index is 5.85. The Labute approximate surface area is 126 Å². The molecule has 2 aromatic carbocycles. The number of hydroxylamine groups is 2. The summed E-state index contributed by atoms with van der Waals surface area (Å²) in [4.78, 5) is 5.85. The highest BCUT2D eigenvalue weighted by Crippen LogP contribution is 2.20. The Morgan fingerprint density at radius 1 is 0.762 bits per heavy atom. The standard InChI is InChI=1S/C18H21NO2/c1-3-7-16(8-4-1)15-20-17-9-11-18(12-10-17)21-19-13-5-2-6-14-19/h1,3-4,7-12H,2,5-6,13-15H2. The smallest absolute Gasteiger partial charge is 0.147 e. The van der Waals surface area contributed by atoms with E-state index in [2.05, 4.69) is 12.1 Å². The van der Waals surface area contributed by atoms with Gasteiger partial charge in [-0.05, 0) is 42.7 Å². The van der Waals surface area contributed by atoms with E-state index in [1.165, 1.54) is 24.8 Å². The Morgan fingerprint density at radius 3 is 2.14 bits per heavy atom. The molecule has 0 aromatic heterocycles. The van der Waals surface area contributed by atoms with Gasteiger partial charge in [-0.15, -0.1) is 5.06 Å². The van der Waals surface area contributed by atoms with Crippen molar-refractivity contribution in [1.82, 2.24) is 5.06 Å². The van der Waals surface area contributed by atoms with Crippen LogP contribution in [-0.2, 0) is 6.61 Å². The van der Waals surface area contributed by atoms with Crippen molar-refractivity contribution in [2.75, 3.05) is 13.1 Å². The van der Waals surface area contributed by atoms with E-state index in [-0.39, 0.29) is 0 Å². The fraction of sp³-hybridized carbons (Fsp3) is 0.333. The van der Waals surface area contributed by atoms with E-state index in [0.717, 1.165) is 24.6 Å². The number of hydrogen-bond acceptors (Lipinski definition) is 3. The van der Waals surface area contributed by atoms with Gasteiger partial charge in [0.25, 0.3) is 0 Å². The molecule has 0 aliphatic carbocycles. The van der Waals surface area contributed by atoms with E-state index in [9.17, 15) is 0 Å². The minimum atomic E-state index is 0.590. The van der Waals surface area contributed by atoms with Crippen molar-refractivity contribution in [3.05, 3.63) is 60.2 Å². The molecule has 1 saturated heterocycles. The van der Waals surface area contributed by atoms with Crippen LogP contribution < -0.4 is 9.57 Å². The third-order valence-corrected chi connectivity index (χ3v) is 3.62. The molecule has 21 heavy (non-hydrogen) atoms. The summed E-state index contributed by atoms with van der Waals surface area (Å²) in [7, 11) is 0. The quantitative estimate of drug-likeness (QED) is 0.826. The third-order valence-electron chi connectivity index (χ3n) is 3.62. The van der Waals surface area contributed by atoms with Crippen LogP contribution in [-0.4, -0.2) is 18.2 Å². The lowest BCUT2D eigenvalue weighted by molar-refractivity contribution is -0.0720. The zero-order valence-electron chi connectivity index (χ0n) is 12.2. The molecule has 2 aromatic rings. The summed E-state index contributed by atoms with van der Waals surface area (Å²) in [5.41, 5.74) is 1.17. The number of rotatable bonds is 5. The molecule has 1 aliphatic heterocycles. The lowest BCUT2D eigenvalue weighted by atomic mass is 10.2. The van der Waals surface area contributed by atoms with Gasteiger partial charge in [-0.1, -0.05) is 36.8 Å². The van der Waals surface area contributed by atoms with Crippen molar-refractivity contribution in [2.24, 2.45) is 0 Å². The first-order chi connectivity index (χ1) is 10.4. The van der Waals surface area contributed by atoms with Gasteiger partial charge in [0.2, 0.25) is 0 Å². The van der Waals surface area contributed by atoms with E-state index in [0.29, 0.717) is 6.61 Å². The second kappa shape index (κ2) is 7.14. The monoisotopic (exact) mass is 283 g/mol. The van der Waals surface area contributed by atoms with E-state index < -0.39 is 0 Å². The summed E-state index contributed by atoms with van der Waals surface area (Å²) < 4.78 is 5.77. The minimum Gasteiger partial charge on any atom is -0.489 e. The topological polar surface area (TPSA) is 21.7 Å². The van der Waals surface area contributed by atoms with Gasteiger partial charge in [0.05, 0.1) is 0 Å². The van der Waals surface area contributed by atoms with Crippen LogP contribution in [0.15, 0.2) is 54.6 Å².